The Labute approximate surface area is 466 Å². The number of ether oxygens (including phenoxy) is 2. The zero-order chi connectivity index (χ0) is 55.6. The number of quaternary nitrogens is 1. The SMILES string of the molecule is CC/C=C\C/C=C\C/C=C\C/C=C\C/C=C\C/C=C\CCCCCCC(=O)OC(COC(=O)CCCCCCCCCCCCCCC/C=C\C/C=C\C/C=C\C/C=C\C/C=C\CC)COP(=O)(O)OCC[N+](C)(C)C. The lowest BCUT2D eigenvalue weighted by atomic mass is 10.0. The fraction of sp³-hybridized carbons (Fsp3) is 0.636. The summed E-state index contributed by atoms with van der Waals surface area (Å²) in [5.41, 5.74) is 0. The Balaban J connectivity index is 4.21. The highest BCUT2D eigenvalue weighted by atomic mass is 31.2. The first-order valence-electron chi connectivity index (χ1n) is 29.9. The molecule has 0 saturated carbocycles. The normalized spacial score (nSPS) is 14.2. The lowest BCUT2D eigenvalue weighted by molar-refractivity contribution is -0.870. The Hall–Kier alpha value is -3.85. The van der Waals surface area contributed by atoms with Crippen LogP contribution in [0.4, 0.5) is 0 Å². The third-order valence-corrected chi connectivity index (χ3v) is 13.2. The van der Waals surface area contributed by atoms with Gasteiger partial charge in [-0.15, -0.1) is 0 Å². The van der Waals surface area contributed by atoms with Crippen molar-refractivity contribution in [2.45, 2.75) is 225 Å². The van der Waals surface area contributed by atoms with Crippen molar-refractivity contribution in [1.29, 1.82) is 0 Å². The van der Waals surface area contributed by atoms with Gasteiger partial charge in [-0.1, -0.05) is 231 Å². The lowest BCUT2D eigenvalue weighted by Gasteiger charge is -2.24. The van der Waals surface area contributed by atoms with E-state index in [1.807, 2.05) is 21.1 Å². The second-order valence-corrected chi connectivity index (χ2v) is 22.1. The van der Waals surface area contributed by atoms with Crippen molar-refractivity contribution in [3.8, 4) is 0 Å². The molecule has 0 saturated heterocycles. The summed E-state index contributed by atoms with van der Waals surface area (Å²) in [6.45, 7) is 4.16. The Kier molecular flexibility index (Phi) is 53.1. The minimum Gasteiger partial charge on any atom is -0.462 e. The quantitative estimate of drug-likeness (QED) is 0.0211. The molecular formula is C66H111NO8P+. The highest BCUT2D eigenvalue weighted by Gasteiger charge is 2.27. The maximum Gasteiger partial charge on any atom is 0.472 e. The summed E-state index contributed by atoms with van der Waals surface area (Å²) in [4.78, 5) is 35.7. The molecule has 2 atom stereocenters. The van der Waals surface area contributed by atoms with E-state index in [1.54, 1.807) is 0 Å². The van der Waals surface area contributed by atoms with Gasteiger partial charge in [0.25, 0.3) is 0 Å². The molecule has 432 valence electrons. The zero-order valence-corrected chi connectivity index (χ0v) is 49.8. The molecule has 0 heterocycles. The fourth-order valence-corrected chi connectivity index (χ4v) is 8.37. The number of rotatable bonds is 53. The second kappa shape index (κ2) is 55.9. The number of carbonyl (C=O) groups excluding carboxylic acids is 2. The second-order valence-electron chi connectivity index (χ2n) is 20.6. The first kappa shape index (κ1) is 72.2. The molecule has 0 aromatic heterocycles. The van der Waals surface area contributed by atoms with Crippen molar-refractivity contribution >= 4 is 19.8 Å². The standard InChI is InChI=1S/C66H110NO8P/c1-6-8-10-12-14-16-18-20-22-24-26-28-30-31-32-33-34-35-37-38-40-42-44-46-48-50-52-54-56-58-65(68)72-62-64(63-74-76(70,71)73-61-60-67(3,4)5)75-66(69)59-57-55-53-51-49-47-45-43-41-39-36-29-27-25-23-21-19-17-15-13-11-9-7-2/h8-11,14-17,20-23,26-29,31-32,39,41,45,47,64H,6-7,12-13,18-19,24-25,30,33-38,40,42-44,46,48-63H2,1-5H3/p+1/b10-8-,11-9-,16-14-,17-15-,22-20-,23-21-,28-26-,29-27-,32-31-,41-39-,47-45-. The summed E-state index contributed by atoms with van der Waals surface area (Å²) >= 11 is 0. The molecular weight excluding hydrogens is 966 g/mol. The van der Waals surface area contributed by atoms with Crippen LogP contribution in [0.2, 0.25) is 0 Å². The van der Waals surface area contributed by atoms with Crippen LogP contribution in [0.5, 0.6) is 0 Å². The number of hydrogen-bond donors (Lipinski definition) is 1. The Bertz CT molecular complexity index is 1740. The molecule has 0 rings (SSSR count). The van der Waals surface area contributed by atoms with E-state index in [0.29, 0.717) is 17.4 Å². The first-order valence-corrected chi connectivity index (χ1v) is 31.4. The number of phosphoric ester groups is 1. The van der Waals surface area contributed by atoms with E-state index < -0.39 is 26.5 Å². The lowest BCUT2D eigenvalue weighted by Crippen LogP contribution is -2.37. The molecule has 10 heteroatoms. The van der Waals surface area contributed by atoms with Gasteiger partial charge in [-0.3, -0.25) is 18.6 Å². The van der Waals surface area contributed by atoms with Gasteiger partial charge in [-0.2, -0.15) is 0 Å². The van der Waals surface area contributed by atoms with Crippen LogP contribution >= 0.6 is 7.82 Å². The van der Waals surface area contributed by atoms with Crippen LogP contribution in [0.3, 0.4) is 0 Å². The highest BCUT2D eigenvalue weighted by molar-refractivity contribution is 7.47. The molecule has 0 aromatic rings. The predicted octanol–water partition coefficient (Wildman–Crippen LogP) is 18.9. The third-order valence-electron chi connectivity index (χ3n) is 12.2. The van der Waals surface area contributed by atoms with E-state index in [2.05, 4.69) is 148 Å². The zero-order valence-electron chi connectivity index (χ0n) is 48.9. The van der Waals surface area contributed by atoms with Crippen molar-refractivity contribution in [2.24, 2.45) is 0 Å². The van der Waals surface area contributed by atoms with Crippen LogP contribution in [0.1, 0.15) is 219 Å². The molecule has 0 aliphatic heterocycles. The summed E-state index contributed by atoms with van der Waals surface area (Å²) in [6, 6.07) is 0. The smallest absolute Gasteiger partial charge is 0.462 e. The molecule has 76 heavy (non-hydrogen) atoms. The Morgan fingerprint density at radius 3 is 1.05 bits per heavy atom. The molecule has 2 unspecified atom stereocenters. The molecule has 0 spiro atoms. The summed E-state index contributed by atoms with van der Waals surface area (Å²) in [6.07, 6.45) is 80.9. The van der Waals surface area contributed by atoms with Crippen LogP contribution in [-0.2, 0) is 32.7 Å². The minimum atomic E-state index is -4.40. The molecule has 0 bridgehead atoms. The number of unbranched alkanes of at least 4 members (excludes halogenated alkanes) is 17. The van der Waals surface area contributed by atoms with Gasteiger partial charge in [0.2, 0.25) is 0 Å². The van der Waals surface area contributed by atoms with Gasteiger partial charge < -0.3 is 18.9 Å². The average molecular weight is 1080 g/mol. The van der Waals surface area contributed by atoms with Crippen LogP contribution in [0.15, 0.2) is 134 Å². The number of allylic oxidation sites excluding steroid dienone is 22. The topological polar surface area (TPSA) is 108 Å². The van der Waals surface area contributed by atoms with Gasteiger partial charge in [0.1, 0.15) is 19.8 Å². The van der Waals surface area contributed by atoms with Crippen molar-refractivity contribution in [2.75, 3.05) is 47.5 Å². The van der Waals surface area contributed by atoms with Gasteiger partial charge >= 0.3 is 19.8 Å². The van der Waals surface area contributed by atoms with Crippen molar-refractivity contribution < 1.29 is 42.1 Å². The number of phosphoric acid groups is 1. The van der Waals surface area contributed by atoms with E-state index in [4.69, 9.17) is 18.5 Å². The van der Waals surface area contributed by atoms with Gasteiger partial charge in [-0.05, 0) is 109 Å². The number of nitrogens with zero attached hydrogens (tertiary/aromatic N) is 1. The van der Waals surface area contributed by atoms with Gasteiger partial charge in [0, 0.05) is 12.8 Å². The largest absolute Gasteiger partial charge is 0.472 e. The van der Waals surface area contributed by atoms with Gasteiger partial charge in [0.15, 0.2) is 6.10 Å². The van der Waals surface area contributed by atoms with Crippen LogP contribution in [-0.4, -0.2) is 74.9 Å². The predicted molar refractivity (Wildman–Crippen MR) is 325 cm³/mol. The summed E-state index contributed by atoms with van der Waals surface area (Å²) in [7, 11) is 1.44. The first-order chi connectivity index (χ1) is 37.0. The highest BCUT2D eigenvalue weighted by Crippen LogP contribution is 2.43. The molecule has 0 aromatic carbocycles. The number of carbonyl (C=O) groups is 2. The van der Waals surface area contributed by atoms with E-state index in [1.165, 1.54) is 70.6 Å². The Morgan fingerprint density at radius 1 is 0.408 bits per heavy atom. The van der Waals surface area contributed by atoms with Crippen molar-refractivity contribution in [3.05, 3.63) is 134 Å². The fourth-order valence-electron chi connectivity index (χ4n) is 7.63. The van der Waals surface area contributed by atoms with Crippen LogP contribution in [0.25, 0.3) is 0 Å². The maximum atomic E-state index is 12.8. The Morgan fingerprint density at radius 2 is 0.711 bits per heavy atom. The molecule has 0 aliphatic rings. The number of likely N-dealkylation sites (N-methyl/N-ethyl adjacent to an activating group) is 1. The van der Waals surface area contributed by atoms with Crippen LogP contribution in [0, 0.1) is 0 Å². The van der Waals surface area contributed by atoms with Crippen molar-refractivity contribution in [3.63, 3.8) is 0 Å². The van der Waals surface area contributed by atoms with E-state index in [9.17, 15) is 19.0 Å². The van der Waals surface area contributed by atoms with Gasteiger partial charge in [-0.25, -0.2) is 4.57 Å². The summed E-state index contributed by atoms with van der Waals surface area (Å²) < 4.78 is 34.6. The van der Waals surface area contributed by atoms with Gasteiger partial charge in [0.05, 0.1) is 27.7 Å². The van der Waals surface area contributed by atoms with E-state index in [0.717, 1.165) is 116 Å². The molecule has 0 amide bonds. The molecule has 0 radical (unpaired) electrons. The number of hydrogen-bond acceptors (Lipinski definition) is 7. The third kappa shape index (κ3) is 59.4. The summed E-state index contributed by atoms with van der Waals surface area (Å²) in [5, 5.41) is 0. The van der Waals surface area contributed by atoms with Crippen LogP contribution < -0.4 is 0 Å². The molecule has 1 N–H and O–H groups in total. The maximum absolute atomic E-state index is 12.8. The number of esters is 2. The van der Waals surface area contributed by atoms with E-state index >= 15 is 0 Å². The average Bonchev–Trinajstić information content (AvgIpc) is 3.38. The van der Waals surface area contributed by atoms with Crippen molar-refractivity contribution in [1.82, 2.24) is 0 Å². The summed E-state index contributed by atoms with van der Waals surface area (Å²) in [5.74, 6) is -0.836. The molecule has 9 nitrogen and oxygen atoms in total. The van der Waals surface area contributed by atoms with E-state index in [-0.39, 0.29) is 32.0 Å². The monoisotopic (exact) mass is 1080 g/mol. The molecule has 0 fully saturated rings. The molecule has 0 aliphatic carbocycles. The minimum absolute atomic E-state index is 0.0190.